The van der Waals surface area contributed by atoms with Gasteiger partial charge >= 0.3 is 6.18 Å². The maximum Gasteiger partial charge on any atom is 0.430 e. The van der Waals surface area contributed by atoms with E-state index in [2.05, 4.69) is 26.3 Å². The second-order valence-electron chi connectivity index (χ2n) is 6.44. The van der Waals surface area contributed by atoms with Crippen LogP contribution in [0.2, 0.25) is 5.02 Å². The molecule has 5 N–H and O–H groups in total. The molecule has 0 saturated heterocycles. The number of amides is 1. The summed E-state index contributed by atoms with van der Waals surface area (Å²) in [6.07, 6.45) is -5.19. The first-order valence-corrected chi connectivity index (χ1v) is 9.55. The minimum Gasteiger partial charge on any atom is -0.542 e. The highest BCUT2D eigenvalue weighted by atomic mass is 35.5. The molecule has 1 amide bonds. The van der Waals surface area contributed by atoms with Crippen molar-refractivity contribution >= 4 is 45.9 Å². The lowest BCUT2D eigenvalue weighted by molar-refractivity contribution is -0.362. The number of carboxylic acids is 1. The molecule has 3 rings (SSSR count). The second kappa shape index (κ2) is 10.7. The fourth-order valence-electron chi connectivity index (χ4n) is 2.41. The van der Waals surface area contributed by atoms with E-state index in [0.717, 1.165) is 10.9 Å². The van der Waals surface area contributed by atoms with Crippen LogP contribution in [-0.2, 0) is 4.79 Å². The van der Waals surface area contributed by atoms with Gasteiger partial charge in [0.1, 0.15) is 11.8 Å². The van der Waals surface area contributed by atoms with Crippen LogP contribution in [0.25, 0.3) is 10.9 Å². The first kappa shape index (κ1) is 24.8. The lowest BCUT2D eigenvalue weighted by atomic mass is 10.1. The lowest BCUT2D eigenvalue weighted by Crippen LogP contribution is -2.53. The van der Waals surface area contributed by atoms with Crippen molar-refractivity contribution in [3.8, 4) is 0 Å². The van der Waals surface area contributed by atoms with E-state index in [1.807, 2.05) is 25.1 Å². The number of benzene rings is 2. The Labute approximate surface area is 185 Å². The van der Waals surface area contributed by atoms with E-state index in [1.165, 1.54) is 0 Å². The summed E-state index contributed by atoms with van der Waals surface area (Å²) in [5.41, 5.74) is 6.28. The molecule has 3 aromatic rings. The summed E-state index contributed by atoms with van der Waals surface area (Å²) in [6, 6.07) is 12.7. The summed E-state index contributed by atoms with van der Waals surface area (Å²) in [7, 11) is 0. The standard InChI is InChI=1S/C18H18ClN5O.C2HF3O2/c1-11-2-7-15-14(10-11)16(21-9-8-20)24-17(23-15)18(25)22-13-5-3-12(19)4-6-13;3-2(4,5)1(6)7/h2-7,10H,8-9,20H2,1H3,(H,22,25)(H,21,23,24);(H,6,7). The number of aryl methyl sites for hydroxylation is 1. The number of alkyl halides is 3. The average molecular weight is 470 g/mol. The smallest absolute Gasteiger partial charge is 0.430 e. The number of quaternary nitrogens is 1. The first-order valence-electron chi connectivity index (χ1n) is 9.18. The number of halogens is 4. The molecule has 0 fully saturated rings. The van der Waals surface area contributed by atoms with Gasteiger partial charge in [-0.05, 0) is 43.3 Å². The molecule has 1 aromatic heterocycles. The predicted octanol–water partition coefficient (Wildman–Crippen LogP) is 1.80. The van der Waals surface area contributed by atoms with Crippen LogP contribution < -0.4 is 21.5 Å². The van der Waals surface area contributed by atoms with E-state index >= 15 is 0 Å². The number of anilines is 2. The van der Waals surface area contributed by atoms with Crippen LogP contribution >= 0.6 is 11.6 Å². The molecule has 0 aliphatic carbocycles. The predicted molar refractivity (Wildman–Crippen MR) is 111 cm³/mol. The van der Waals surface area contributed by atoms with Crippen molar-refractivity contribution in [2.45, 2.75) is 13.1 Å². The monoisotopic (exact) mass is 469 g/mol. The van der Waals surface area contributed by atoms with Crippen molar-refractivity contribution in [3.63, 3.8) is 0 Å². The number of carbonyl (C=O) groups is 2. The minimum atomic E-state index is -5.19. The van der Waals surface area contributed by atoms with E-state index in [1.54, 1.807) is 24.3 Å². The largest absolute Gasteiger partial charge is 0.542 e. The third-order valence-corrected chi connectivity index (χ3v) is 4.11. The zero-order valence-corrected chi connectivity index (χ0v) is 17.5. The van der Waals surface area contributed by atoms with Gasteiger partial charge < -0.3 is 26.3 Å². The highest BCUT2D eigenvalue weighted by Crippen LogP contribution is 2.22. The van der Waals surface area contributed by atoms with Gasteiger partial charge in [0.15, 0.2) is 0 Å². The van der Waals surface area contributed by atoms with Crippen LogP contribution in [0.4, 0.5) is 24.7 Å². The maximum atomic E-state index is 12.5. The summed E-state index contributed by atoms with van der Waals surface area (Å²) in [6.45, 7) is 3.38. The summed E-state index contributed by atoms with van der Waals surface area (Å²) >= 11 is 5.86. The Kier molecular flexibility index (Phi) is 8.33. The van der Waals surface area contributed by atoms with Crippen LogP contribution in [0, 0.1) is 6.92 Å². The van der Waals surface area contributed by atoms with Crippen molar-refractivity contribution in [3.05, 3.63) is 58.9 Å². The number of hydrogen-bond donors (Lipinski definition) is 3. The fourth-order valence-corrected chi connectivity index (χ4v) is 2.53. The van der Waals surface area contributed by atoms with E-state index in [-0.39, 0.29) is 11.7 Å². The van der Waals surface area contributed by atoms with Gasteiger partial charge in [-0.3, -0.25) is 4.79 Å². The Morgan fingerprint density at radius 3 is 2.31 bits per heavy atom. The molecule has 0 atom stereocenters. The van der Waals surface area contributed by atoms with E-state index in [0.29, 0.717) is 35.1 Å². The van der Waals surface area contributed by atoms with Gasteiger partial charge in [-0.2, -0.15) is 13.2 Å². The number of nitrogens with one attached hydrogen (secondary N) is 2. The number of aliphatic carboxylic acids is 1. The zero-order valence-electron chi connectivity index (χ0n) is 16.8. The van der Waals surface area contributed by atoms with Gasteiger partial charge in [0.05, 0.1) is 18.6 Å². The molecule has 0 aliphatic rings. The van der Waals surface area contributed by atoms with Gasteiger partial charge in [0, 0.05) is 16.1 Å². The summed E-state index contributed by atoms with van der Waals surface area (Å²) in [5, 5.41) is 16.3. The Balaban J connectivity index is 0.000000451. The fraction of sp³-hybridized carbons (Fsp3) is 0.200. The molecular weight excluding hydrogens is 451 g/mol. The van der Waals surface area contributed by atoms with Gasteiger partial charge in [-0.25, -0.2) is 9.97 Å². The average Bonchev–Trinajstić information content (AvgIpc) is 2.73. The number of aromatic nitrogens is 2. The quantitative estimate of drug-likeness (QED) is 0.521. The van der Waals surface area contributed by atoms with Crippen molar-refractivity contribution in [2.75, 3.05) is 23.7 Å². The number of hydrogen-bond acceptors (Lipinski definition) is 6. The minimum absolute atomic E-state index is 0.109. The Bertz CT molecular complexity index is 1110. The van der Waals surface area contributed by atoms with Crippen LogP contribution in [-0.4, -0.2) is 41.1 Å². The van der Waals surface area contributed by atoms with E-state index in [9.17, 15) is 18.0 Å². The Morgan fingerprint density at radius 1 is 1.12 bits per heavy atom. The molecule has 0 aliphatic heterocycles. The third kappa shape index (κ3) is 7.06. The Hall–Kier alpha value is -3.44. The number of fused-ring (bicyclic) bond motifs is 1. The topological polar surface area (TPSA) is 135 Å². The molecule has 0 radical (unpaired) electrons. The van der Waals surface area contributed by atoms with Gasteiger partial charge in [0.25, 0.3) is 5.91 Å². The van der Waals surface area contributed by atoms with Crippen molar-refractivity contribution in [2.24, 2.45) is 0 Å². The molecule has 0 bridgehead atoms. The molecule has 1 heterocycles. The first-order chi connectivity index (χ1) is 15.0. The van der Waals surface area contributed by atoms with Crippen molar-refractivity contribution in [1.29, 1.82) is 0 Å². The molecule has 0 unspecified atom stereocenters. The van der Waals surface area contributed by atoms with Crippen molar-refractivity contribution in [1.82, 2.24) is 9.97 Å². The molecule has 2 aromatic carbocycles. The zero-order chi connectivity index (χ0) is 23.9. The lowest BCUT2D eigenvalue weighted by Gasteiger charge is -2.11. The maximum absolute atomic E-state index is 12.5. The SMILES string of the molecule is Cc1ccc2nc(C(=O)Nc3ccc(Cl)cc3)nc(NCC[NH3+])c2c1.O=C([O-])C(F)(F)F. The Morgan fingerprint density at radius 2 is 1.75 bits per heavy atom. The molecule has 0 spiro atoms. The number of carboxylic acid groups (broad SMARTS) is 1. The third-order valence-electron chi connectivity index (χ3n) is 3.86. The highest BCUT2D eigenvalue weighted by Gasteiger charge is 2.28. The number of rotatable bonds is 5. The van der Waals surface area contributed by atoms with Crippen LogP contribution in [0.1, 0.15) is 16.2 Å². The van der Waals surface area contributed by atoms with Crippen LogP contribution in [0.3, 0.4) is 0 Å². The number of nitrogens with zero attached hydrogens (tertiary/aromatic N) is 2. The van der Waals surface area contributed by atoms with Crippen LogP contribution in [0.15, 0.2) is 42.5 Å². The second-order valence-corrected chi connectivity index (χ2v) is 6.88. The summed E-state index contributed by atoms with van der Waals surface area (Å²) < 4.78 is 31.5. The summed E-state index contributed by atoms with van der Waals surface area (Å²) in [4.78, 5) is 30.1. The summed E-state index contributed by atoms with van der Waals surface area (Å²) in [5.74, 6) is -2.63. The van der Waals surface area contributed by atoms with Gasteiger partial charge in [-0.1, -0.05) is 23.2 Å². The van der Waals surface area contributed by atoms with Crippen LogP contribution in [0.5, 0.6) is 0 Å². The molecule has 8 nitrogen and oxygen atoms in total. The number of carbonyl (C=O) groups excluding carboxylic acids is 2. The van der Waals surface area contributed by atoms with E-state index in [4.69, 9.17) is 21.5 Å². The highest BCUT2D eigenvalue weighted by molar-refractivity contribution is 6.30. The normalized spacial score (nSPS) is 10.8. The van der Waals surface area contributed by atoms with E-state index < -0.39 is 12.1 Å². The molecule has 32 heavy (non-hydrogen) atoms. The van der Waals surface area contributed by atoms with Crippen molar-refractivity contribution < 1.29 is 33.6 Å². The van der Waals surface area contributed by atoms with Gasteiger partial charge in [-0.15, -0.1) is 0 Å². The van der Waals surface area contributed by atoms with Gasteiger partial charge in [0.2, 0.25) is 5.82 Å². The molecule has 12 heteroatoms. The molecule has 0 saturated carbocycles. The molecule has 170 valence electrons. The molecular formula is C20H19ClF3N5O3.